The van der Waals surface area contributed by atoms with Crippen LogP contribution in [-0.4, -0.2) is 36.9 Å². The van der Waals surface area contributed by atoms with E-state index in [2.05, 4.69) is 11.8 Å². The fourth-order valence-corrected chi connectivity index (χ4v) is 4.73. The van der Waals surface area contributed by atoms with Gasteiger partial charge < -0.3 is 9.64 Å². The van der Waals surface area contributed by atoms with E-state index in [4.69, 9.17) is 16.3 Å². The van der Waals surface area contributed by atoms with Gasteiger partial charge in [-0.1, -0.05) is 24.6 Å². The number of thiophene rings is 1. The van der Waals surface area contributed by atoms with Gasteiger partial charge in [0.1, 0.15) is 11.4 Å². The summed E-state index contributed by atoms with van der Waals surface area (Å²) in [5, 5.41) is 2.28. The number of rotatable bonds is 4. The van der Waals surface area contributed by atoms with E-state index in [9.17, 15) is 9.59 Å². The van der Waals surface area contributed by atoms with Crippen LogP contribution in [0.2, 0.25) is 5.02 Å². The van der Waals surface area contributed by atoms with Crippen LogP contribution in [0.1, 0.15) is 24.6 Å². The first kappa shape index (κ1) is 19.0. The Bertz CT molecular complexity index is 947. The summed E-state index contributed by atoms with van der Waals surface area (Å²) in [6.45, 7) is 3.78. The molecule has 28 heavy (non-hydrogen) atoms. The minimum absolute atomic E-state index is 0.288. The molecular formula is C21H21ClN2O3S. The number of carbonyl (C=O) groups excluding carboxylic acids is 2. The molecule has 4 rings (SSSR count). The largest absolute Gasteiger partial charge is 0.495 e. The van der Waals surface area contributed by atoms with Gasteiger partial charge in [-0.15, -0.1) is 11.3 Å². The number of halogens is 1. The first-order chi connectivity index (χ1) is 13.5. The zero-order valence-corrected chi connectivity index (χ0v) is 17.3. The summed E-state index contributed by atoms with van der Waals surface area (Å²) in [7, 11) is 1.53. The maximum atomic E-state index is 13.4. The highest BCUT2D eigenvalue weighted by Crippen LogP contribution is 2.39. The highest BCUT2D eigenvalue weighted by Gasteiger charge is 2.43. The molecule has 1 aromatic heterocycles. The zero-order chi connectivity index (χ0) is 19.8. The van der Waals surface area contributed by atoms with Crippen molar-refractivity contribution in [3.63, 3.8) is 0 Å². The van der Waals surface area contributed by atoms with Gasteiger partial charge in [0.15, 0.2) is 0 Å². The molecule has 1 aromatic carbocycles. The van der Waals surface area contributed by atoms with Gasteiger partial charge in [0.25, 0.3) is 11.8 Å². The van der Waals surface area contributed by atoms with Crippen molar-refractivity contribution in [2.45, 2.75) is 19.8 Å². The Kier molecular flexibility index (Phi) is 5.17. The van der Waals surface area contributed by atoms with Crippen LogP contribution < -0.4 is 9.64 Å². The summed E-state index contributed by atoms with van der Waals surface area (Å²) in [5.74, 6) is 0.540. The molecule has 0 spiro atoms. The summed E-state index contributed by atoms with van der Waals surface area (Å²) in [5.41, 5.74) is 1.45. The Balaban J connectivity index is 1.76. The molecular weight excluding hydrogens is 396 g/mol. The number of ether oxygens (including phenoxy) is 1. The van der Waals surface area contributed by atoms with Crippen LogP contribution in [0.4, 0.5) is 5.69 Å². The first-order valence-electron chi connectivity index (χ1n) is 9.26. The summed E-state index contributed by atoms with van der Waals surface area (Å²) < 4.78 is 5.19. The summed E-state index contributed by atoms with van der Waals surface area (Å²) in [6.07, 6.45) is 2.02. The van der Waals surface area contributed by atoms with Gasteiger partial charge in [-0.05, 0) is 48.4 Å². The number of carbonyl (C=O) groups is 2. The monoisotopic (exact) mass is 416 g/mol. The number of nitrogens with zero attached hydrogens (tertiary/aromatic N) is 2. The molecule has 0 N–H and O–H groups in total. The predicted octanol–water partition coefficient (Wildman–Crippen LogP) is 4.43. The van der Waals surface area contributed by atoms with Gasteiger partial charge in [0, 0.05) is 18.0 Å². The van der Waals surface area contributed by atoms with Crippen molar-refractivity contribution < 1.29 is 14.3 Å². The average Bonchev–Trinajstić information content (AvgIpc) is 3.29. The van der Waals surface area contributed by atoms with Crippen molar-refractivity contribution >= 4 is 46.0 Å². The molecule has 0 unspecified atom stereocenters. The van der Waals surface area contributed by atoms with Crippen LogP contribution in [0.3, 0.4) is 0 Å². The maximum Gasteiger partial charge on any atom is 0.282 e. The van der Waals surface area contributed by atoms with Crippen LogP contribution in [0, 0.1) is 5.92 Å². The van der Waals surface area contributed by atoms with Crippen molar-refractivity contribution in [3.8, 4) is 5.75 Å². The molecule has 3 heterocycles. The van der Waals surface area contributed by atoms with Gasteiger partial charge in [0.05, 0.1) is 23.4 Å². The highest BCUT2D eigenvalue weighted by atomic mass is 35.5. The van der Waals surface area contributed by atoms with Gasteiger partial charge in [-0.3, -0.25) is 9.59 Å². The number of methoxy groups -OCH3 is 1. The van der Waals surface area contributed by atoms with E-state index in [-0.39, 0.29) is 11.8 Å². The van der Waals surface area contributed by atoms with E-state index in [0.29, 0.717) is 33.6 Å². The SMILES string of the molecule is COc1ccc(N2C(=O)C(c3cccs3)=C(N3CCC(C)CC3)C2=O)cc1Cl. The Labute approximate surface area is 173 Å². The van der Waals surface area contributed by atoms with E-state index >= 15 is 0 Å². The Hall–Kier alpha value is -2.31. The second-order valence-corrected chi connectivity index (χ2v) is 8.49. The number of likely N-dealkylation sites (tertiary alicyclic amines) is 1. The van der Waals surface area contributed by atoms with E-state index < -0.39 is 0 Å². The minimum Gasteiger partial charge on any atom is -0.495 e. The topological polar surface area (TPSA) is 49.9 Å². The molecule has 1 saturated heterocycles. The van der Waals surface area contributed by atoms with Gasteiger partial charge in [0.2, 0.25) is 0 Å². The molecule has 146 valence electrons. The number of anilines is 1. The smallest absolute Gasteiger partial charge is 0.282 e. The van der Waals surface area contributed by atoms with Crippen molar-refractivity contribution in [1.29, 1.82) is 0 Å². The summed E-state index contributed by atoms with van der Waals surface area (Å²) in [4.78, 5) is 30.9. The number of hydrogen-bond donors (Lipinski definition) is 0. The van der Waals surface area contributed by atoms with Crippen molar-refractivity contribution in [2.75, 3.05) is 25.1 Å². The second kappa shape index (κ2) is 7.60. The third kappa shape index (κ3) is 3.20. The molecule has 0 atom stereocenters. The van der Waals surface area contributed by atoms with Crippen LogP contribution in [-0.2, 0) is 9.59 Å². The number of piperidine rings is 1. The third-order valence-corrected chi connectivity index (χ3v) is 6.50. The lowest BCUT2D eigenvalue weighted by Gasteiger charge is -2.32. The average molecular weight is 417 g/mol. The standard InChI is InChI=1S/C21H21ClN2O3S/c1-13-7-9-23(10-8-13)19-18(17-4-3-11-28-17)20(25)24(21(19)26)14-5-6-16(27-2)15(22)12-14/h3-6,11-13H,7-10H2,1-2H3. The van der Waals surface area contributed by atoms with Gasteiger partial charge in [-0.2, -0.15) is 0 Å². The van der Waals surface area contributed by atoms with E-state index in [1.54, 1.807) is 18.2 Å². The van der Waals surface area contributed by atoms with Crippen LogP contribution in [0.15, 0.2) is 41.4 Å². The zero-order valence-electron chi connectivity index (χ0n) is 15.8. The number of imide groups is 1. The molecule has 0 bridgehead atoms. The summed E-state index contributed by atoms with van der Waals surface area (Å²) >= 11 is 7.71. The molecule has 0 aliphatic carbocycles. The molecule has 2 aliphatic rings. The number of amides is 2. The predicted molar refractivity (Wildman–Crippen MR) is 112 cm³/mol. The maximum absolute atomic E-state index is 13.4. The van der Waals surface area contributed by atoms with Gasteiger partial charge in [-0.25, -0.2) is 4.90 Å². The fourth-order valence-electron chi connectivity index (χ4n) is 3.72. The molecule has 2 amide bonds. The highest BCUT2D eigenvalue weighted by molar-refractivity contribution is 7.11. The third-order valence-electron chi connectivity index (χ3n) is 5.32. The molecule has 1 fully saturated rings. The fraction of sp³-hybridized carbons (Fsp3) is 0.333. The van der Waals surface area contributed by atoms with Crippen molar-refractivity contribution in [2.24, 2.45) is 5.92 Å². The molecule has 2 aliphatic heterocycles. The van der Waals surface area contributed by atoms with E-state index in [1.807, 2.05) is 17.5 Å². The van der Waals surface area contributed by atoms with E-state index in [1.165, 1.54) is 23.3 Å². The molecule has 0 saturated carbocycles. The number of benzene rings is 1. The molecule has 0 radical (unpaired) electrons. The normalized spacial score (nSPS) is 18.4. The lowest BCUT2D eigenvalue weighted by molar-refractivity contribution is -0.120. The van der Waals surface area contributed by atoms with Crippen LogP contribution in [0.25, 0.3) is 5.57 Å². The quantitative estimate of drug-likeness (QED) is 0.692. The van der Waals surface area contributed by atoms with Crippen molar-refractivity contribution in [1.82, 2.24) is 4.90 Å². The minimum atomic E-state index is -0.303. The van der Waals surface area contributed by atoms with Gasteiger partial charge >= 0.3 is 0 Å². The Morgan fingerprint density at radius 3 is 2.50 bits per heavy atom. The lowest BCUT2D eigenvalue weighted by atomic mass is 9.98. The molecule has 5 nitrogen and oxygen atoms in total. The van der Waals surface area contributed by atoms with Crippen LogP contribution >= 0.6 is 22.9 Å². The molecule has 7 heteroatoms. The van der Waals surface area contributed by atoms with Crippen molar-refractivity contribution in [3.05, 3.63) is 51.3 Å². The van der Waals surface area contributed by atoms with Crippen LogP contribution in [0.5, 0.6) is 5.75 Å². The Morgan fingerprint density at radius 1 is 1.14 bits per heavy atom. The second-order valence-electron chi connectivity index (χ2n) is 7.14. The van der Waals surface area contributed by atoms with E-state index in [0.717, 1.165) is 30.8 Å². The Morgan fingerprint density at radius 2 is 1.89 bits per heavy atom. The first-order valence-corrected chi connectivity index (χ1v) is 10.5. The lowest BCUT2D eigenvalue weighted by Crippen LogP contribution is -2.38. The summed E-state index contributed by atoms with van der Waals surface area (Å²) in [6, 6.07) is 8.75. The number of hydrogen-bond acceptors (Lipinski definition) is 5. The molecule has 2 aromatic rings.